The largest absolute Gasteiger partial charge is 0.493 e. The van der Waals surface area contributed by atoms with Crippen LogP contribution in [0.4, 0.5) is 0 Å². The maximum absolute atomic E-state index is 5.88. The summed E-state index contributed by atoms with van der Waals surface area (Å²) >= 11 is 0. The number of hydrogen-bond acceptors (Lipinski definition) is 4. The summed E-state index contributed by atoms with van der Waals surface area (Å²) in [5.41, 5.74) is 6.92. The van der Waals surface area contributed by atoms with Gasteiger partial charge in [-0.1, -0.05) is 20.8 Å². The molecule has 0 saturated heterocycles. The van der Waals surface area contributed by atoms with Gasteiger partial charge in [-0.05, 0) is 42.5 Å². The third kappa shape index (κ3) is 4.93. The zero-order valence-corrected chi connectivity index (χ0v) is 13.3. The highest BCUT2D eigenvalue weighted by Gasteiger charge is 2.16. The number of hydrogen-bond donors (Lipinski definition) is 1. The molecule has 2 N–H and O–H groups in total. The van der Waals surface area contributed by atoms with Crippen molar-refractivity contribution in [3.63, 3.8) is 0 Å². The van der Waals surface area contributed by atoms with E-state index in [2.05, 4.69) is 20.8 Å². The third-order valence-corrected chi connectivity index (χ3v) is 3.05. The summed E-state index contributed by atoms with van der Waals surface area (Å²) in [5.74, 6) is 2.06. The van der Waals surface area contributed by atoms with Crippen LogP contribution in [-0.2, 0) is 6.42 Å². The van der Waals surface area contributed by atoms with Gasteiger partial charge in [0.25, 0.3) is 0 Å². The van der Waals surface area contributed by atoms with Crippen LogP contribution in [-0.4, -0.2) is 27.4 Å². The van der Waals surface area contributed by atoms with Crippen molar-refractivity contribution in [1.29, 1.82) is 0 Å². The molecule has 0 heterocycles. The van der Waals surface area contributed by atoms with E-state index in [0.29, 0.717) is 30.4 Å². The highest BCUT2D eigenvalue weighted by molar-refractivity contribution is 5.54. The first-order valence-electron chi connectivity index (χ1n) is 6.99. The molecule has 0 atom stereocenters. The van der Waals surface area contributed by atoms with Gasteiger partial charge in [0.05, 0.1) is 20.8 Å². The summed E-state index contributed by atoms with van der Waals surface area (Å²) in [6, 6.07) is 3.92. The fourth-order valence-electron chi connectivity index (χ4n) is 1.85. The number of nitrogens with two attached hydrogens (primary N) is 1. The number of benzene rings is 1. The Hall–Kier alpha value is -1.42. The molecule has 0 aliphatic carbocycles. The van der Waals surface area contributed by atoms with Gasteiger partial charge in [-0.2, -0.15) is 0 Å². The van der Waals surface area contributed by atoms with Gasteiger partial charge in [-0.3, -0.25) is 0 Å². The highest BCUT2D eigenvalue weighted by Crippen LogP contribution is 2.39. The molecule has 0 spiro atoms. The first kappa shape index (κ1) is 16.6. The Balaban J connectivity index is 2.92. The maximum Gasteiger partial charge on any atom is 0.203 e. The predicted molar refractivity (Wildman–Crippen MR) is 81.9 cm³/mol. The first-order chi connectivity index (χ1) is 9.41. The van der Waals surface area contributed by atoms with Crippen LogP contribution in [0, 0.1) is 5.41 Å². The summed E-state index contributed by atoms with van der Waals surface area (Å²) in [6.45, 7) is 7.79. The second kappa shape index (κ2) is 7.39. The minimum absolute atomic E-state index is 0.236. The molecule has 0 bridgehead atoms. The Morgan fingerprint density at radius 2 is 1.60 bits per heavy atom. The number of rotatable bonds is 7. The quantitative estimate of drug-likeness (QED) is 0.834. The van der Waals surface area contributed by atoms with Gasteiger partial charge in [0.15, 0.2) is 11.5 Å². The van der Waals surface area contributed by atoms with E-state index in [9.17, 15) is 0 Å². The van der Waals surface area contributed by atoms with Gasteiger partial charge < -0.3 is 19.9 Å². The molecule has 1 aromatic carbocycles. The fourth-order valence-corrected chi connectivity index (χ4v) is 1.85. The second-order valence-corrected chi connectivity index (χ2v) is 6.03. The summed E-state index contributed by atoms with van der Waals surface area (Å²) < 4.78 is 16.7. The van der Waals surface area contributed by atoms with Crippen LogP contribution in [0.3, 0.4) is 0 Å². The SMILES string of the molecule is COc1cc(CCN)cc(OC)c1OCCC(C)(C)C. The van der Waals surface area contributed by atoms with Crippen LogP contribution in [0.1, 0.15) is 32.8 Å². The van der Waals surface area contributed by atoms with Gasteiger partial charge in [-0.25, -0.2) is 0 Å². The van der Waals surface area contributed by atoms with Crippen LogP contribution in [0.15, 0.2) is 12.1 Å². The first-order valence-corrected chi connectivity index (χ1v) is 6.99. The van der Waals surface area contributed by atoms with Crippen molar-refractivity contribution in [2.75, 3.05) is 27.4 Å². The molecule has 0 aromatic heterocycles. The van der Waals surface area contributed by atoms with Crippen molar-refractivity contribution >= 4 is 0 Å². The molecule has 0 unspecified atom stereocenters. The van der Waals surface area contributed by atoms with Crippen molar-refractivity contribution in [3.8, 4) is 17.2 Å². The average Bonchev–Trinajstić information content (AvgIpc) is 2.38. The lowest BCUT2D eigenvalue weighted by atomic mass is 9.93. The molecule has 0 fully saturated rings. The molecule has 114 valence electrons. The van der Waals surface area contributed by atoms with Gasteiger partial charge in [0.2, 0.25) is 5.75 Å². The Morgan fingerprint density at radius 1 is 1.05 bits per heavy atom. The lowest BCUT2D eigenvalue weighted by Crippen LogP contribution is -2.12. The molecule has 0 radical (unpaired) electrons. The van der Waals surface area contributed by atoms with E-state index in [4.69, 9.17) is 19.9 Å². The molecular weight excluding hydrogens is 254 g/mol. The van der Waals surface area contributed by atoms with E-state index >= 15 is 0 Å². The molecule has 0 saturated carbocycles. The molecular formula is C16H27NO3. The van der Waals surface area contributed by atoms with Crippen molar-refractivity contribution < 1.29 is 14.2 Å². The minimum atomic E-state index is 0.236. The third-order valence-electron chi connectivity index (χ3n) is 3.05. The van der Waals surface area contributed by atoms with Crippen molar-refractivity contribution in [2.45, 2.75) is 33.6 Å². The minimum Gasteiger partial charge on any atom is -0.493 e. The standard InChI is InChI=1S/C16H27NO3/c1-16(2,3)7-9-20-15-13(18-4)10-12(6-8-17)11-14(15)19-5/h10-11H,6-9,17H2,1-5H3. The van der Waals surface area contributed by atoms with Gasteiger partial charge in [0, 0.05) is 0 Å². The molecule has 0 aliphatic rings. The Labute approximate surface area is 122 Å². The van der Waals surface area contributed by atoms with Crippen molar-refractivity contribution in [2.24, 2.45) is 11.1 Å². The van der Waals surface area contributed by atoms with Crippen LogP contribution in [0.25, 0.3) is 0 Å². The molecule has 0 amide bonds. The van der Waals surface area contributed by atoms with Crippen molar-refractivity contribution in [3.05, 3.63) is 17.7 Å². The summed E-state index contributed by atoms with van der Waals surface area (Å²) in [5, 5.41) is 0. The average molecular weight is 281 g/mol. The molecule has 4 heteroatoms. The number of ether oxygens (including phenoxy) is 3. The summed E-state index contributed by atoms with van der Waals surface area (Å²) in [4.78, 5) is 0. The van der Waals surface area contributed by atoms with E-state index in [-0.39, 0.29) is 5.41 Å². The van der Waals surface area contributed by atoms with E-state index in [1.54, 1.807) is 14.2 Å². The molecule has 0 aliphatic heterocycles. The Bertz CT molecular complexity index is 399. The van der Waals surface area contributed by atoms with Crippen molar-refractivity contribution in [1.82, 2.24) is 0 Å². The second-order valence-electron chi connectivity index (χ2n) is 6.03. The zero-order chi connectivity index (χ0) is 15.2. The van der Waals surface area contributed by atoms with Crippen LogP contribution >= 0.6 is 0 Å². The summed E-state index contributed by atoms with van der Waals surface area (Å²) in [6.07, 6.45) is 1.75. The van der Waals surface area contributed by atoms with Gasteiger partial charge >= 0.3 is 0 Å². The zero-order valence-electron chi connectivity index (χ0n) is 13.3. The van der Waals surface area contributed by atoms with E-state index in [0.717, 1.165) is 18.4 Å². The Morgan fingerprint density at radius 3 is 2.00 bits per heavy atom. The smallest absolute Gasteiger partial charge is 0.203 e. The molecule has 1 rings (SSSR count). The van der Waals surface area contributed by atoms with Gasteiger partial charge in [0.1, 0.15) is 0 Å². The van der Waals surface area contributed by atoms with E-state index in [1.165, 1.54) is 0 Å². The lowest BCUT2D eigenvalue weighted by molar-refractivity contribution is 0.225. The van der Waals surface area contributed by atoms with Crippen LogP contribution < -0.4 is 19.9 Å². The number of methoxy groups -OCH3 is 2. The molecule has 1 aromatic rings. The molecule has 4 nitrogen and oxygen atoms in total. The van der Waals surface area contributed by atoms with Crippen LogP contribution in [0.2, 0.25) is 0 Å². The normalized spacial score (nSPS) is 11.3. The highest BCUT2D eigenvalue weighted by atomic mass is 16.5. The fraction of sp³-hybridized carbons (Fsp3) is 0.625. The van der Waals surface area contributed by atoms with Crippen LogP contribution in [0.5, 0.6) is 17.2 Å². The monoisotopic (exact) mass is 281 g/mol. The van der Waals surface area contributed by atoms with E-state index in [1.807, 2.05) is 12.1 Å². The Kier molecular flexibility index (Phi) is 6.14. The maximum atomic E-state index is 5.88. The predicted octanol–water partition coefficient (Wildman–Crippen LogP) is 3.02. The molecule has 20 heavy (non-hydrogen) atoms. The summed E-state index contributed by atoms with van der Waals surface area (Å²) in [7, 11) is 3.27. The van der Waals surface area contributed by atoms with Gasteiger partial charge in [-0.15, -0.1) is 0 Å². The topological polar surface area (TPSA) is 53.7 Å². The van der Waals surface area contributed by atoms with E-state index < -0.39 is 0 Å². The lowest BCUT2D eigenvalue weighted by Gasteiger charge is -2.20.